The molecule has 0 radical (unpaired) electrons. The molecule has 1 aliphatic rings. The summed E-state index contributed by atoms with van der Waals surface area (Å²) in [4.78, 5) is 0.847. The molecule has 17 heavy (non-hydrogen) atoms. The molecule has 1 heterocycles. The van der Waals surface area contributed by atoms with Gasteiger partial charge in [0.2, 0.25) is 9.84 Å². The molecule has 92 valence electrons. The van der Waals surface area contributed by atoms with Gasteiger partial charge in [0.15, 0.2) is 0 Å². The van der Waals surface area contributed by atoms with Gasteiger partial charge in [-0.25, -0.2) is 8.42 Å². The first-order chi connectivity index (χ1) is 8.09. The summed E-state index contributed by atoms with van der Waals surface area (Å²) in [6, 6.07) is 5.02. The molecule has 5 heteroatoms. The smallest absolute Gasteiger partial charge is 0.203 e. The third-order valence-corrected chi connectivity index (χ3v) is 4.75. The van der Waals surface area contributed by atoms with E-state index in [9.17, 15) is 8.42 Å². The Morgan fingerprint density at radius 3 is 2.76 bits per heavy atom. The Hall–Kier alpha value is -1.33. The lowest BCUT2D eigenvalue weighted by atomic mass is 10.2. The van der Waals surface area contributed by atoms with Gasteiger partial charge in [-0.2, -0.15) is 0 Å². The fourth-order valence-corrected chi connectivity index (χ4v) is 3.47. The summed E-state index contributed by atoms with van der Waals surface area (Å²) >= 11 is 0. The van der Waals surface area contributed by atoms with Gasteiger partial charge in [0.05, 0.1) is 16.9 Å². The van der Waals surface area contributed by atoms with Gasteiger partial charge in [-0.1, -0.05) is 0 Å². The van der Waals surface area contributed by atoms with Crippen LogP contribution < -0.4 is 10.1 Å². The third kappa shape index (κ3) is 2.08. The molecule has 0 aromatic heterocycles. The average Bonchev–Trinajstić information content (AvgIpc) is 2.57. The van der Waals surface area contributed by atoms with Crippen molar-refractivity contribution in [3.05, 3.63) is 28.7 Å². The van der Waals surface area contributed by atoms with E-state index in [1.165, 1.54) is 0 Å². The summed E-state index contributed by atoms with van der Waals surface area (Å²) in [6.45, 7) is 0.649. The van der Waals surface area contributed by atoms with Crippen molar-refractivity contribution < 1.29 is 13.2 Å². The minimum absolute atomic E-state index is 0.379. The second kappa shape index (κ2) is 4.50. The van der Waals surface area contributed by atoms with E-state index in [-0.39, 0.29) is 0 Å². The van der Waals surface area contributed by atoms with Gasteiger partial charge in [-0.3, -0.25) is 0 Å². The molecule has 1 aromatic carbocycles. The quantitative estimate of drug-likeness (QED) is 0.882. The van der Waals surface area contributed by atoms with E-state index >= 15 is 0 Å². The Bertz CT molecular complexity index is 561. The molecule has 0 spiro atoms. The molecule has 0 aliphatic carbocycles. The molecule has 1 aromatic rings. The SMILES string of the molecule is CNCCC1=Cc2cc(OC)ccc2S1(=O)=O. The van der Waals surface area contributed by atoms with E-state index in [1.54, 1.807) is 38.4 Å². The highest BCUT2D eigenvalue weighted by atomic mass is 32.2. The van der Waals surface area contributed by atoms with E-state index in [1.807, 2.05) is 0 Å². The first-order valence-corrected chi connectivity index (χ1v) is 6.86. The molecule has 1 N–H and O–H groups in total. The van der Waals surface area contributed by atoms with Crippen LogP contribution in [0.15, 0.2) is 28.0 Å². The van der Waals surface area contributed by atoms with Crippen LogP contribution in [0.5, 0.6) is 5.75 Å². The standard InChI is InChI=1S/C12H15NO3S/c1-13-6-5-11-8-9-7-10(16-2)3-4-12(9)17(11,14)15/h3-4,7-8,13H,5-6H2,1-2H3. The molecule has 4 nitrogen and oxygen atoms in total. The van der Waals surface area contributed by atoms with Crippen LogP contribution in [0.4, 0.5) is 0 Å². The number of ether oxygens (including phenoxy) is 1. The van der Waals surface area contributed by atoms with Crippen molar-refractivity contribution in [1.29, 1.82) is 0 Å². The van der Waals surface area contributed by atoms with E-state index in [0.717, 1.165) is 5.56 Å². The van der Waals surface area contributed by atoms with Gasteiger partial charge in [0.1, 0.15) is 5.75 Å². The number of benzene rings is 1. The van der Waals surface area contributed by atoms with Crippen molar-refractivity contribution >= 4 is 15.9 Å². The number of hydrogen-bond donors (Lipinski definition) is 1. The summed E-state index contributed by atoms with van der Waals surface area (Å²) in [5.74, 6) is 0.671. The second-order valence-electron chi connectivity index (χ2n) is 3.87. The van der Waals surface area contributed by atoms with Gasteiger partial charge in [0.25, 0.3) is 0 Å². The van der Waals surface area contributed by atoms with Crippen molar-refractivity contribution in [2.45, 2.75) is 11.3 Å². The molecular formula is C12H15NO3S. The molecule has 0 atom stereocenters. The zero-order valence-electron chi connectivity index (χ0n) is 9.86. The van der Waals surface area contributed by atoms with Gasteiger partial charge in [-0.15, -0.1) is 0 Å². The molecule has 0 bridgehead atoms. The summed E-state index contributed by atoms with van der Waals surface area (Å²) in [5.41, 5.74) is 0.718. The van der Waals surface area contributed by atoms with E-state index in [0.29, 0.717) is 28.5 Å². The zero-order valence-corrected chi connectivity index (χ0v) is 10.7. The fourth-order valence-electron chi connectivity index (χ4n) is 1.86. The predicted molar refractivity (Wildman–Crippen MR) is 66.7 cm³/mol. The van der Waals surface area contributed by atoms with Crippen LogP contribution in [0.1, 0.15) is 12.0 Å². The molecule has 0 amide bonds. The Morgan fingerprint density at radius 2 is 2.12 bits per heavy atom. The number of rotatable bonds is 4. The Kier molecular flexibility index (Phi) is 3.22. The van der Waals surface area contributed by atoms with E-state index < -0.39 is 9.84 Å². The van der Waals surface area contributed by atoms with Gasteiger partial charge in [-0.05, 0) is 49.9 Å². The molecule has 1 aliphatic heterocycles. The normalized spacial score (nSPS) is 16.5. The van der Waals surface area contributed by atoms with Crippen molar-refractivity contribution in [3.8, 4) is 5.75 Å². The van der Waals surface area contributed by atoms with Crippen molar-refractivity contribution in [2.75, 3.05) is 20.7 Å². The Balaban J connectivity index is 2.42. The van der Waals surface area contributed by atoms with Crippen LogP contribution >= 0.6 is 0 Å². The van der Waals surface area contributed by atoms with Crippen LogP contribution in [0.2, 0.25) is 0 Å². The third-order valence-electron chi connectivity index (χ3n) is 2.79. The number of methoxy groups -OCH3 is 1. The molecule has 0 unspecified atom stereocenters. The highest BCUT2D eigenvalue weighted by Gasteiger charge is 2.28. The summed E-state index contributed by atoms with van der Waals surface area (Å²) in [6.07, 6.45) is 2.24. The minimum atomic E-state index is -3.28. The van der Waals surface area contributed by atoms with E-state index in [4.69, 9.17) is 4.74 Å². The highest BCUT2D eigenvalue weighted by molar-refractivity contribution is 7.95. The maximum absolute atomic E-state index is 12.2. The maximum atomic E-state index is 12.2. The molecular weight excluding hydrogens is 238 g/mol. The highest BCUT2D eigenvalue weighted by Crippen LogP contribution is 2.36. The summed E-state index contributed by atoms with van der Waals surface area (Å²) in [5, 5.41) is 2.95. The molecule has 0 saturated carbocycles. The Morgan fingerprint density at radius 1 is 1.35 bits per heavy atom. The predicted octanol–water partition coefficient (Wildman–Crippen LogP) is 1.43. The number of fused-ring (bicyclic) bond motifs is 1. The van der Waals surface area contributed by atoms with Crippen molar-refractivity contribution in [3.63, 3.8) is 0 Å². The molecule has 2 rings (SSSR count). The summed E-state index contributed by atoms with van der Waals surface area (Å²) in [7, 11) is 0.0921. The van der Waals surface area contributed by atoms with Crippen LogP contribution in [-0.2, 0) is 9.84 Å². The van der Waals surface area contributed by atoms with Crippen LogP contribution in [-0.4, -0.2) is 29.1 Å². The number of sulfone groups is 1. The molecule has 0 fully saturated rings. The van der Waals surface area contributed by atoms with Gasteiger partial charge >= 0.3 is 0 Å². The van der Waals surface area contributed by atoms with Crippen molar-refractivity contribution in [1.82, 2.24) is 5.32 Å². The molecule has 0 saturated heterocycles. The first-order valence-electron chi connectivity index (χ1n) is 5.38. The van der Waals surface area contributed by atoms with Crippen LogP contribution in [0.3, 0.4) is 0 Å². The monoisotopic (exact) mass is 253 g/mol. The second-order valence-corrected chi connectivity index (χ2v) is 5.84. The lowest BCUT2D eigenvalue weighted by Crippen LogP contribution is -2.11. The lowest BCUT2D eigenvalue weighted by Gasteiger charge is -2.04. The number of nitrogens with one attached hydrogen (secondary N) is 1. The number of hydrogen-bond acceptors (Lipinski definition) is 4. The fraction of sp³-hybridized carbons (Fsp3) is 0.333. The Labute approximate surface area is 101 Å². The van der Waals surface area contributed by atoms with E-state index in [2.05, 4.69) is 5.32 Å². The minimum Gasteiger partial charge on any atom is -0.497 e. The van der Waals surface area contributed by atoms with Crippen LogP contribution in [0, 0.1) is 0 Å². The lowest BCUT2D eigenvalue weighted by molar-refractivity contribution is 0.414. The average molecular weight is 253 g/mol. The largest absolute Gasteiger partial charge is 0.497 e. The summed E-state index contributed by atoms with van der Waals surface area (Å²) < 4.78 is 29.4. The maximum Gasteiger partial charge on any atom is 0.203 e. The van der Waals surface area contributed by atoms with Crippen molar-refractivity contribution in [2.24, 2.45) is 0 Å². The topological polar surface area (TPSA) is 55.4 Å². The first kappa shape index (κ1) is 12.1. The van der Waals surface area contributed by atoms with Gasteiger partial charge in [0, 0.05) is 0 Å². The zero-order chi connectivity index (χ0) is 12.5. The van der Waals surface area contributed by atoms with Crippen LogP contribution in [0.25, 0.3) is 6.08 Å². The van der Waals surface area contributed by atoms with Gasteiger partial charge < -0.3 is 10.1 Å².